The number of aliphatic hydroxyl groups is 1. The first-order valence-electron chi connectivity index (χ1n) is 4.80. The zero-order chi connectivity index (χ0) is 11.6. The molecule has 2 N–H and O–H groups in total. The van der Waals surface area contributed by atoms with Crippen molar-refractivity contribution in [3.05, 3.63) is 21.9 Å². The third-order valence-electron chi connectivity index (χ3n) is 2.03. The van der Waals surface area contributed by atoms with Crippen molar-refractivity contribution in [2.45, 2.75) is 33.3 Å². The highest BCUT2D eigenvalue weighted by Gasteiger charge is 2.23. The Kier molecular flexibility index (Phi) is 3.52. The summed E-state index contributed by atoms with van der Waals surface area (Å²) in [4.78, 5) is 11.4. The Hall–Kier alpha value is -0.870. The molecule has 0 aliphatic heterocycles. The predicted octanol–water partition coefficient (Wildman–Crippen LogP) is 2.92. The van der Waals surface area contributed by atoms with Crippen LogP contribution in [-0.2, 0) is 0 Å². The van der Waals surface area contributed by atoms with Crippen LogP contribution in [0.5, 0.6) is 0 Å². The molecule has 0 aliphatic carbocycles. The van der Waals surface area contributed by atoms with Crippen molar-refractivity contribution in [1.29, 1.82) is 0 Å². The molecular formula is C11H16O3S. The molecule has 0 bridgehead atoms. The van der Waals surface area contributed by atoms with E-state index in [1.54, 1.807) is 5.38 Å². The maximum absolute atomic E-state index is 10.8. The van der Waals surface area contributed by atoms with Gasteiger partial charge in [-0.25, -0.2) is 4.79 Å². The monoisotopic (exact) mass is 228 g/mol. The van der Waals surface area contributed by atoms with Gasteiger partial charge in [0.25, 0.3) is 0 Å². The Morgan fingerprint density at radius 1 is 1.53 bits per heavy atom. The minimum absolute atomic E-state index is 0.0147. The second-order valence-electron chi connectivity index (χ2n) is 4.78. The van der Waals surface area contributed by atoms with Crippen LogP contribution in [0.4, 0.5) is 0 Å². The maximum Gasteiger partial charge on any atom is 0.336 e. The van der Waals surface area contributed by atoms with E-state index in [1.807, 2.05) is 20.8 Å². The number of hydrogen-bond acceptors (Lipinski definition) is 3. The number of carboxylic acids is 1. The third-order valence-corrected chi connectivity index (χ3v) is 3.05. The summed E-state index contributed by atoms with van der Waals surface area (Å²) in [6.45, 7) is 6.05. The number of thiophene rings is 1. The van der Waals surface area contributed by atoms with Gasteiger partial charge in [-0.1, -0.05) is 20.8 Å². The average molecular weight is 228 g/mol. The van der Waals surface area contributed by atoms with Crippen LogP contribution in [0.25, 0.3) is 0 Å². The fourth-order valence-electron chi connectivity index (χ4n) is 1.43. The molecule has 1 aromatic heterocycles. The number of aromatic carboxylic acids is 1. The molecule has 0 fully saturated rings. The van der Waals surface area contributed by atoms with E-state index in [-0.39, 0.29) is 11.0 Å². The third kappa shape index (κ3) is 3.32. The summed E-state index contributed by atoms with van der Waals surface area (Å²) in [5.74, 6) is -0.973. The number of aliphatic hydroxyl groups excluding tert-OH is 1. The molecule has 3 nitrogen and oxygen atoms in total. The zero-order valence-electron chi connectivity index (χ0n) is 9.15. The Balaban J connectivity index is 2.87. The molecule has 84 valence electrons. The molecule has 1 aromatic rings. The second-order valence-corrected chi connectivity index (χ2v) is 5.73. The topological polar surface area (TPSA) is 57.5 Å². The molecule has 1 atom stereocenters. The molecule has 0 amide bonds. The Labute approximate surface area is 93.4 Å². The van der Waals surface area contributed by atoms with Gasteiger partial charge in [-0.15, -0.1) is 11.3 Å². The molecule has 4 heteroatoms. The van der Waals surface area contributed by atoms with E-state index in [0.29, 0.717) is 11.3 Å². The quantitative estimate of drug-likeness (QED) is 0.836. The SMILES string of the molecule is CC(C)(C)CC(O)c1sccc1C(=O)O. The van der Waals surface area contributed by atoms with Crippen LogP contribution in [0, 0.1) is 5.41 Å². The van der Waals surface area contributed by atoms with Crippen LogP contribution < -0.4 is 0 Å². The Morgan fingerprint density at radius 2 is 2.13 bits per heavy atom. The molecule has 0 saturated heterocycles. The molecule has 1 unspecified atom stereocenters. The lowest BCUT2D eigenvalue weighted by Crippen LogP contribution is -2.12. The molecular weight excluding hydrogens is 212 g/mol. The van der Waals surface area contributed by atoms with Gasteiger partial charge in [0.1, 0.15) is 0 Å². The summed E-state index contributed by atoms with van der Waals surface area (Å²) in [6, 6.07) is 1.54. The average Bonchev–Trinajstić information content (AvgIpc) is 2.47. The summed E-state index contributed by atoms with van der Waals surface area (Å²) in [6.07, 6.45) is -0.121. The summed E-state index contributed by atoms with van der Waals surface area (Å²) >= 11 is 1.30. The number of carbonyl (C=O) groups is 1. The highest BCUT2D eigenvalue weighted by Crippen LogP contribution is 2.33. The van der Waals surface area contributed by atoms with Gasteiger partial charge in [0.05, 0.1) is 11.7 Å². The normalized spacial score (nSPS) is 13.9. The van der Waals surface area contributed by atoms with Crippen molar-refractivity contribution in [3.63, 3.8) is 0 Å². The van der Waals surface area contributed by atoms with E-state index in [2.05, 4.69) is 0 Å². The standard InChI is InChI=1S/C11H16O3S/c1-11(2,3)6-8(12)9-7(10(13)14)4-5-15-9/h4-5,8,12H,6H2,1-3H3,(H,13,14). The lowest BCUT2D eigenvalue weighted by Gasteiger charge is -2.21. The molecule has 1 heterocycles. The molecule has 15 heavy (non-hydrogen) atoms. The van der Waals surface area contributed by atoms with Gasteiger partial charge in [-0.2, -0.15) is 0 Å². The lowest BCUT2D eigenvalue weighted by molar-refractivity contribution is 0.0684. The first-order valence-corrected chi connectivity index (χ1v) is 5.68. The molecule has 0 radical (unpaired) electrons. The molecule has 0 aliphatic rings. The van der Waals surface area contributed by atoms with E-state index in [0.717, 1.165) is 0 Å². The molecule has 0 spiro atoms. The van der Waals surface area contributed by atoms with Crippen molar-refractivity contribution < 1.29 is 15.0 Å². The van der Waals surface area contributed by atoms with Gasteiger partial charge >= 0.3 is 5.97 Å². The Bertz CT molecular complexity index is 349. The summed E-state index contributed by atoms with van der Waals surface area (Å²) in [5, 5.41) is 20.5. The van der Waals surface area contributed by atoms with Gasteiger partial charge in [-0.05, 0) is 23.3 Å². The van der Waals surface area contributed by atoms with Crippen LogP contribution in [0.1, 0.15) is 48.5 Å². The van der Waals surface area contributed by atoms with Crippen molar-refractivity contribution in [3.8, 4) is 0 Å². The highest BCUT2D eigenvalue weighted by molar-refractivity contribution is 7.10. The fraction of sp³-hybridized carbons (Fsp3) is 0.545. The second kappa shape index (κ2) is 4.33. The first kappa shape index (κ1) is 12.2. The summed E-state index contributed by atoms with van der Waals surface area (Å²) in [5.41, 5.74) is 0.205. The maximum atomic E-state index is 10.8. The smallest absolute Gasteiger partial charge is 0.336 e. The molecule has 1 rings (SSSR count). The number of hydrogen-bond donors (Lipinski definition) is 2. The van der Waals surface area contributed by atoms with Crippen LogP contribution >= 0.6 is 11.3 Å². The number of carboxylic acid groups (broad SMARTS) is 1. The number of rotatable bonds is 3. The van der Waals surface area contributed by atoms with Crippen molar-refractivity contribution >= 4 is 17.3 Å². The minimum Gasteiger partial charge on any atom is -0.478 e. The van der Waals surface area contributed by atoms with E-state index in [1.165, 1.54) is 17.4 Å². The highest BCUT2D eigenvalue weighted by atomic mass is 32.1. The molecule has 0 aromatic carbocycles. The Morgan fingerprint density at radius 3 is 2.60 bits per heavy atom. The largest absolute Gasteiger partial charge is 0.478 e. The van der Waals surface area contributed by atoms with Crippen LogP contribution in [0.3, 0.4) is 0 Å². The van der Waals surface area contributed by atoms with Gasteiger partial charge in [0.2, 0.25) is 0 Å². The van der Waals surface area contributed by atoms with Crippen LogP contribution in [0.2, 0.25) is 0 Å². The van der Waals surface area contributed by atoms with Crippen molar-refractivity contribution in [2.75, 3.05) is 0 Å². The van der Waals surface area contributed by atoms with Gasteiger partial charge in [0, 0.05) is 4.88 Å². The minimum atomic E-state index is -0.973. The van der Waals surface area contributed by atoms with E-state index in [9.17, 15) is 9.90 Å². The van der Waals surface area contributed by atoms with Crippen molar-refractivity contribution in [1.82, 2.24) is 0 Å². The van der Waals surface area contributed by atoms with E-state index >= 15 is 0 Å². The van der Waals surface area contributed by atoms with Gasteiger partial charge in [-0.3, -0.25) is 0 Å². The summed E-state index contributed by atoms with van der Waals surface area (Å²) < 4.78 is 0. The van der Waals surface area contributed by atoms with Crippen LogP contribution in [-0.4, -0.2) is 16.2 Å². The van der Waals surface area contributed by atoms with E-state index in [4.69, 9.17) is 5.11 Å². The van der Waals surface area contributed by atoms with E-state index < -0.39 is 12.1 Å². The van der Waals surface area contributed by atoms with Gasteiger partial charge < -0.3 is 10.2 Å². The lowest BCUT2D eigenvalue weighted by atomic mass is 9.88. The zero-order valence-corrected chi connectivity index (χ0v) is 9.97. The summed E-state index contributed by atoms with van der Waals surface area (Å²) in [7, 11) is 0. The van der Waals surface area contributed by atoms with Gasteiger partial charge in [0.15, 0.2) is 0 Å². The van der Waals surface area contributed by atoms with Crippen molar-refractivity contribution in [2.24, 2.45) is 5.41 Å². The first-order chi connectivity index (χ1) is 6.81. The van der Waals surface area contributed by atoms with Crippen LogP contribution in [0.15, 0.2) is 11.4 Å². The molecule has 0 saturated carbocycles. The fourth-order valence-corrected chi connectivity index (χ4v) is 2.30. The predicted molar refractivity (Wildman–Crippen MR) is 60.3 cm³/mol.